The van der Waals surface area contributed by atoms with Gasteiger partial charge in [0.2, 0.25) is 0 Å². The van der Waals surface area contributed by atoms with Gasteiger partial charge in [0, 0.05) is 18.7 Å². The fourth-order valence-corrected chi connectivity index (χ4v) is 7.97. The largest absolute Gasteiger partial charge is 0.467 e. The first kappa shape index (κ1) is 28.3. The Kier molecular flexibility index (Phi) is 7.31. The fraction of sp³-hybridized carbons (Fsp3) is 0.406. The van der Waals surface area contributed by atoms with Crippen LogP contribution in [0.15, 0.2) is 54.6 Å². The first-order valence-corrected chi connectivity index (χ1v) is 15.0. The van der Waals surface area contributed by atoms with Gasteiger partial charge in [-0.25, -0.2) is 4.79 Å². The summed E-state index contributed by atoms with van der Waals surface area (Å²) in [6, 6.07) is 17.6. The lowest BCUT2D eigenvalue weighted by Gasteiger charge is -2.31. The maximum Gasteiger partial charge on any atom is 0.339 e. The second-order valence-electron chi connectivity index (χ2n) is 11.8. The fourth-order valence-electron chi connectivity index (χ4n) is 6.06. The van der Waals surface area contributed by atoms with E-state index in [0.29, 0.717) is 30.8 Å². The van der Waals surface area contributed by atoms with Crippen molar-refractivity contribution in [3.8, 4) is 11.1 Å². The summed E-state index contributed by atoms with van der Waals surface area (Å²) in [4.78, 5) is 13.3. The van der Waals surface area contributed by atoms with Crippen molar-refractivity contribution < 1.29 is 22.7 Å². The number of hydrogen-bond acceptors (Lipinski definition) is 5. The minimum Gasteiger partial charge on any atom is -0.467 e. The molecule has 0 spiro atoms. The molecule has 0 unspecified atom stereocenters. The Labute approximate surface area is 237 Å². The lowest BCUT2D eigenvalue weighted by Crippen LogP contribution is -2.34. The molecule has 1 fully saturated rings. The molecule has 2 heterocycles. The Morgan fingerprint density at radius 3 is 2.25 bits per heavy atom. The van der Waals surface area contributed by atoms with Crippen LogP contribution in [0.2, 0.25) is 0 Å². The zero-order chi connectivity index (χ0) is 29.0. The van der Waals surface area contributed by atoms with Crippen LogP contribution in [-0.2, 0) is 37.4 Å². The highest BCUT2D eigenvalue weighted by Crippen LogP contribution is 2.50. The highest BCUT2D eigenvalue weighted by molar-refractivity contribution is 7.90. The van der Waals surface area contributed by atoms with Crippen molar-refractivity contribution in [2.75, 3.05) is 18.0 Å². The summed E-state index contributed by atoms with van der Waals surface area (Å²) in [6.45, 7) is 12.4. The zero-order valence-electron chi connectivity index (χ0n) is 24.3. The van der Waals surface area contributed by atoms with E-state index < -0.39 is 27.9 Å². The van der Waals surface area contributed by atoms with Crippen LogP contribution in [-0.4, -0.2) is 44.0 Å². The number of ether oxygens (including phenoxy) is 2. The number of hydrogen-bond donors (Lipinski definition) is 0. The average molecular weight is 563 g/mol. The van der Waals surface area contributed by atoms with E-state index in [1.54, 1.807) is 8.61 Å². The third kappa shape index (κ3) is 4.93. The smallest absolute Gasteiger partial charge is 0.339 e. The van der Waals surface area contributed by atoms with Crippen LogP contribution in [0.1, 0.15) is 60.3 Å². The van der Waals surface area contributed by atoms with Gasteiger partial charge in [-0.3, -0.25) is 4.31 Å². The molecule has 3 aromatic carbocycles. The van der Waals surface area contributed by atoms with Crippen LogP contribution in [0.5, 0.6) is 0 Å². The molecule has 2 atom stereocenters. The highest BCUT2D eigenvalue weighted by Gasteiger charge is 2.50. The minimum atomic E-state index is -3.79. The maximum atomic E-state index is 14.0. The number of rotatable bonds is 6. The monoisotopic (exact) mass is 562 g/mol. The molecule has 0 aromatic heterocycles. The molecule has 2 aliphatic heterocycles. The van der Waals surface area contributed by atoms with Gasteiger partial charge in [-0.15, -0.1) is 0 Å². The van der Waals surface area contributed by atoms with Crippen molar-refractivity contribution in [3.63, 3.8) is 0 Å². The summed E-state index contributed by atoms with van der Waals surface area (Å²) >= 11 is 0. The van der Waals surface area contributed by atoms with Gasteiger partial charge >= 0.3 is 16.2 Å². The van der Waals surface area contributed by atoms with Crippen LogP contribution >= 0.6 is 0 Å². The maximum absolute atomic E-state index is 14.0. The van der Waals surface area contributed by atoms with Crippen LogP contribution in [0.4, 0.5) is 5.69 Å². The first-order chi connectivity index (χ1) is 18.8. The summed E-state index contributed by atoms with van der Waals surface area (Å²) in [6.07, 6.45) is -0.426. The first-order valence-electron chi connectivity index (χ1n) is 13.7. The summed E-state index contributed by atoms with van der Waals surface area (Å²) in [7, 11) is -2.44. The van der Waals surface area contributed by atoms with E-state index in [1.165, 1.54) is 7.11 Å². The van der Waals surface area contributed by atoms with Gasteiger partial charge in [0.15, 0.2) is 6.10 Å². The molecule has 5 rings (SSSR count). The van der Waals surface area contributed by atoms with E-state index in [1.807, 2.05) is 96.1 Å². The van der Waals surface area contributed by atoms with Gasteiger partial charge in [0.1, 0.15) is 0 Å². The second-order valence-corrected chi connectivity index (χ2v) is 13.6. The van der Waals surface area contributed by atoms with Crippen molar-refractivity contribution in [3.05, 3.63) is 88.0 Å². The number of carbonyl (C=O) groups excluding carboxylic acids is 1. The highest BCUT2D eigenvalue weighted by atomic mass is 32.2. The molecule has 0 saturated carbocycles. The van der Waals surface area contributed by atoms with E-state index in [2.05, 4.69) is 0 Å². The number of nitrogens with zero attached hydrogens (tertiary/aromatic N) is 2. The summed E-state index contributed by atoms with van der Waals surface area (Å²) in [5.41, 5.74) is 7.28. The van der Waals surface area contributed by atoms with Crippen LogP contribution < -0.4 is 4.31 Å². The van der Waals surface area contributed by atoms with Crippen molar-refractivity contribution >= 4 is 21.9 Å². The predicted octanol–water partition coefficient (Wildman–Crippen LogP) is 5.80. The predicted molar refractivity (Wildman–Crippen MR) is 157 cm³/mol. The number of benzene rings is 3. The molecule has 8 heteroatoms. The molecule has 2 aliphatic rings. The van der Waals surface area contributed by atoms with E-state index in [4.69, 9.17) is 9.47 Å². The molecule has 3 aromatic rings. The number of fused-ring (bicyclic) bond motifs is 3. The van der Waals surface area contributed by atoms with Gasteiger partial charge in [0.05, 0.1) is 24.4 Å². The standard InChI is InChI=1S/C32H38N2O5S/c1-20-13-15-24(16-14-20)27-21(2)26-17-25-19-33(18-23-11-9-8-10-12-23)40(36,37)34(25)29(26)22(3)28(27)30(31(35)38-7)39-32(4,5)6/h8-16,25,30H,17-19H2,1-7H3/t25-,30+/m1/s1. The summed E-state index contributed by atoms with van der Waals surface area (Å²) in [5.74, 6) is -0.518. The second kappa shape index (κ2) is 10.3. The van der Waals surface area contributed by atoms with Crippen LogP contribution in [0.25, 0.3) is 11.1 Å². The Bertz CT molecular complexity index is 1540. The molecule has 1 saturated heterocycles. The topological polar surface area (TPSA) is 76.1 Å². The molecule has 0 N–H and O–H groups in total. The van der Waals surface area contributed by atoms with Gasteiger partial charge in [-0.2, -0.15) is 12.7 Å². The third-order valence-corrected chi connectivity index (χ3v) is 9.72. The van der Waals surface area contributed by atoms with Crippen molar-refractivity contribution in [1.82, 2.24) is 4.31 Å². The van der Waals surface area contributed by atoms with Gasteiger partial charge in [-0.1, -0.05) is 60.2 Å². The average Bonchev–Trinajstić information content (AvgIpc) is 3.40. The zero-order valence-corrected chi connectivity index (χ0v) is 25.1. The molecule has 0 amide bonds. The molecular formula is C32H38N2O5S. The molecule has 40 heavy (non-hydrogen) atoms. The molecule has 212 valence electrons. The number of aryl methyl sites for hydroxylation is 1. The Balaban J connectivity index is 1.72. The molecule has 0 bridgehead atoms. The van der Waals surface area contributed by atoms with E-state index in [0.717, 1.165) is 38.9 Å². The van der Waals surface area contributed by atoms with Gasteiger partial charge < -0.3 is 9.47 Å². The van der Waals surface area contributed by atoms with E-state index in [9.17, 15) is 13.2 Å². The quantitative estimate of drug-likeness (QED) is 0.355. The SMILES string of the molecule is COC(=O)[C@@H](OC(C)(C)C)c1c(C)c2c(c(C)c1-c1ccc(C)cc1)C[C@@H]1CN(Cc3ccccc3)S(=O)(=O)N21. The Morgan fingerprint density at radius 1 is 1.00 bits per heavy atom. The molecule has 0 aliphatic carbocycles. The molecular weight excluding hydrogens is 524 g/mol. The minimum absolute atomic E-state index is 0.220. The lowest BCUT2D eigenvalue weighted by molar-refractivity contribution is -0.164. The van der Waals surface area contributed by atoms with Crippen molar-refractivity contribution in [2.45, 2.75) is 72.3 Å². The van der Waals surface area contributed by atoms with Crippen molar-refractivity contribution in [1.29, 1.82) is 0 Å². The number of methoxy groups -OCH3 is 1. The normalized spacial score (nSPS) is 18.9. The van der Waals surface area contributed by atoms with Crippen LogP contribution in [0, 0.1) is 20.8 Å². The van der Waals surface area contributed by atoms with Gasteiger partial charge in [0.25, 0.3) is 0 Å². The van der Waals surface area contributed by atoms with E-state index in [-0.39, 0.29) is 6.04 Å². The van der Waals surface area contributed by atoms with Crippen molar-refractivity contribution in [2.24, 2.45) is 0 Å². The van der Waals surface area contributed by atoms with E-state index >= 15 is 0 Å². The third-order valence-electron chi connectivity index (χ3n) is 7.81. The Morgan fingerprint density at radius 2 is 1.65 bits per heavy atom. The Hall–Kier alpha value is -3.20. The molecule has 0 radical (unpaired) electrons. The number of esters is 1. The summed E-state index contributed by atoms with van der Waals surface area (Å²) in [5, 5.41) is 0. The summed E-state index contributed by atoms with van der Waals surface area (Å²) < 4.78 is 42.8. The lowest BCUT2D eigenvalue weighted by atomic mass is 9.84. The van der Waals surface area contributed by atoms with Gasteiger partial charge in [-0.05, 0) is 81.3 Å². The number of carbonyl (C=O) groups is 1. The van der Waals surface area contributed by atoms with Crippen LogP contribution in [0.3, 0.4) is 0 Å². The number of anilines is 1. The molecule has 7 nitrogen and oxygen atoms in total.